The molecule has 3 unspecified atom stereocenters. The lowest BCUT2D eigenvalue weighted by Gasteiger charge is -2.26. The molecule has 4 rings (SSSR count). The Bertz CT molecular complexity index is 447. The van der Waals surface area contributed by atoms with E-state index in [0.29, 0.717) is 24.5 Å². The van der Waals surface area contributed by atoms with Crippen LogP contribution in [0.5, 0.6) is 0 Å². The van der Waals surface area contributed by atoms with Crippen LogP contribution in [0.1, 0.15) is 62.2 Å². The summed E-state index contributed by atoms with van der Waals surface area (Å²) in [6.45, 7) is 0.501. The highest BCUT2D eigenvalue weighted by Gasteiger charge is 2.56. The summed E-state index contributed by atoms with van der Waals surface area (Å²) in [7, 11) is 0. The molecule has 0 aliphatic heterocycles. The van der Waals surface area contributed by atoms with Gasteiger partial charge in [-0.25, -0.2) is 0 Å². The molecule has 3 aliphatic carbocycles. The predicted molar refractivity (Wildman–Crippen MR) is 68.4 cm³/mol. The van der Waals surface area contributed by atoms with Gasteiger partial charge in [0.25, 0.3) is 0 Å². The van der Waals surface area contributed by atoms with E-state index in [9.17, 15) is 0 Å². The average molecular weight is 263 g/mol. The summed E-state index contributed by atoms with van der Waals surface area (Å²) in [5.41, 5.74) is 6.06. The van der Waals surface area contributed by atoms with Gasteiger partial charge in [0.15, 0.2) is 5.82 Å². The van der Waals surface area contributed by atoms with E-state index in [1.54, 1.807) is 0 Å². The number of aromatic nitrogens is 2. The predicted octanol–water partition coefficient (Wildman–Crippen LogP) is 2.15. The number of nitrogens with two attached hydrogens (primary N) is 1. The van der Waals surface area contributed by atoms with Gasteiger partial charge in [0.2, 0.25) is 5.89 Å². The van der Waals surface area contributed by atoms with Crippen molar-refractivity contribution in [3.63, 3.8) is 0 Å². The lowest BCUT2D eigenvalue weighted by Crippen LogP contribution is -2.27. The average Bonchev–Trinajstić information content (AvgIpc) is 2.81. The third-order valence-corrected chi connectivity index (χ3v) is 5.04. The summed E-state index contributed by atoms with van der Waals surface area (Å²) in [5.74, 6) is 3.55. The maximum Gasteiger partial charge on any atom is 0.230 e. The zero-order valence-electron chi connectivity index (χ0n) is 11.1. The summed E-state index contributed by atoms with van der Waals surface area (Å²) in [4.78, 5) is 4.49. The molecule has 0 saturated heterocycles. The van der Waals surface area contributed by atoms with E-state index in [4.69, 9.17) is 15.0 Å². The van der Waals surface area contributed by atoms with Crippen LogP contribution in [-0.2, 0) is 4.74 Å². The quantitative estimate of drug-likeness (QED) is 0.881. The Hall–Kier alpha value is -0.940. The van der Waals surface area contributed by atoms with Crippen molar-refractivity contribution in [1.29, 1.82) is 0 Å². The molecule has 1 heterocycles. The maximum atomic E-state index is 6.06. The number of fused-ring (bicyclic) bond motifs is 1. The number of hydrogen-bond acceptors (Lipinski definition) is 5. The molecule has 0 amide bonds. The standard InChI is InChI=1S/C14H21N3O2/c15-11(7-18-8-3-1-4-8)13-16-14(19-17-13)12-9-5-2-6-10(9)12/h8-12H,1-7,15H2. The fourth-order valence-corrected chi connectivity index (χ4v) is 3.57. The van der Waals surface area contributed by atoms with Crippen LogP contribution in [0.4, 0.5) is 0 Å². The molecule has 5 nitrogen and oxygen atoms in total. The van der Waals surface area contributed by atoms with Crippen molar-refractivity contribution in [3.05, 3.63) is 11.7 Å². The van der Waals surface area contributed by atoms with E-state index in [0.717, 1.165) is 30.6 Å². The van der Waals surface area contributed by atoms with Gasteiger partial charge in [-0.1, -0.05) is 11.6 Å². The minimum absolute atomic E-state index is 0.253. The molecule has 3 aliphatic rings. The van der Waals surface area contributed by atoms with Crippen molar-refractivity contribution in [3.8, 4) is 0 Å². The van der Waals surface area contributed by atoms with E-state index in [1.165, 1.54) is 25.7 Å². The third-order valence-electron chi connectivity index (χ3n) is 5.04. The summed E-state index contributed by atoms with van der Waals surface area (Å²) in [6, 6.07) is -0.253. The SMILES string of the molecule is NC(COC1CCC1)c1noc(C2C3CCCC32)n1. The van der Waals surface area contributed by atoms with E-state index in [-0.39, 0.29) is 6.04 Å². The summed E-state index contributed by atoms with van der Waals surface area (Å²) >= 11 is 0. The fourth-order valence-electron chi connectivity index (χ4n) is 3.57. The Kier molecular flexibility index (Phi) is 2.84. The monoisotopic (exact) mass is 263 g/mol. The fraction of sp³-hybridized carbons (Fsp3) is 0.857. The van der Waals surface area contributed by atoms with Crippen LogP contribution >= 0.6 is 0 Å². The topological polar surface area (TPSA) is 74.2 Å². The van der Waals surface area contributed by atoms with Gasteiger partial charge < -0.3 is 15.0 Å². The third kappa shape index (κ3) is 2.09. The highest BCUT2D eigenvalue weighted by molar-refractivity contribution is 5.16. The molecule has 1 aromatic heterocycles. The van der Waals surface area contributed by atoms with Gasteiger partial charge in [-0.3, -0.25) is 0 Å². The Morgan fingerprint density at radius 3 is 2.63 bits per heavy atom. The second-order valence-electron chi connectivity index (χ2n) is 6.27. The van der Waals surface area contributed by atoms with Crippen LogP contribution in [0.25, 0.3) is 0 Å². The van der Waals surface area contributed by atoms with Gasteiger partial charge in [0.1, 0.15) is 0 Å². The highest BCUT2D eigenvalue weighted by Crippen LogP contribution is 2.62. The molecule has 5 heteroatoms. The lowest BCUT2D eigenvalue weighted by atomic mass is 9.96. The molecule has 3 saturated carbocycles. The summed E-state index contributed by atoms with van der Waals surface area (Å²) in [6.07, 6.45) is 8.01. The van der Waals surface area contributed by atoms with E-state index < -0.39 is 0 Å². The van der Waals surface area contributed by atoms with Gasteiger partial charge in [-0.15, -0.1) is 0 Å². The van der Waals surface area contributed by atoms with Gasteiger partial charge in [-0.05, 0) is 43.9 Å². The van der Waals surface area contributed by atoms with Gasteiger partial charge in [0.05, 0.1) is 18.8 Å². The molecule has 0 bridgehead atoms. The minimum atomic E-state index is -0.253. The molecule has 3 fully saturated rings. The van der Waals surface area contributed by atoms with Gasteiger partial charge >= 0.3 is 0 Å². The Morgan fingerprint density at radius 1 is 1.21 bits per heavy atom. The molecular weight excluding hydrogens is 242 g/mol. The van der Waals surface area contributed by atoms with Crippen LogP contribution < -0.4 is 5.73 Å². The molecule has 0 aromatic carbocycles. The van der Waals surface area contributed by atoms with E-state index in [2.05, 4.69) is 10.1 Å². The van der Waals surface area contributed by atoms with E-state index in [1.807, 2.05) is 0 Å². The number of hydrogen-bond donors (Lipinski definition) is 1. The van der Waals surface area contributed by atoms with Crippen molar-refractivity contribution in [2.45, 2.75) is 56.6 Å². The first-order valence-electron chi connectivity index (χ1n) is 7.53. The Morgan fingerprint density at radius 2 is 1.95 bits per heavy atom. The Labute approximate surface area is 112 Å². The molecule has 0 spiro atoms. The Balaban J connectivity index is 1.35. The second-order valence-corrected chi connectivity index (χ2v) is 6.27. The van der Waals surface area contributed by atoms with Crippen LogP contribution in [0.2, 0.25) is 0 Å². The molecule has 0 radical (unpaired) electrons. The number of ether oxygens (including phenoxy) is 1. The molecular formula is C14H21N3O2. The zero-order chi connectivity index (χ0) is 12.8. The van der Waals surface area contributed by atoms with Crippen molar-refractivity contribution in [1.82, 2.24) is 10.1 Å². The van der Waals surface area contributed by atoms with Crippen molar-refractivity contribution >= 4 is 0 Å². The van der Waals surface area contributed by atoms with Crippen LogP contribution in [0, 0.1) is 11.8 Å². The smallest absolute Gasteiger partial charge is 0.230 e. The molecule has 19 heavy (non-hydrogen) atoms. The minimum Gasteiger partial charge on any atom is -0.376 e. The van der Waals surface area contributed by atoms with Crippen molar-refractivity contribution in [2.75, 3.05) is 6.61 Å². The lowest BCUT2D eigenvalue weighted by molar-refractivity contribution is -0.00549. The molecule has 104 valence electrons. The normalized spacial score (nSPS) is 34.9. The first-order chi connectivity index (χ1) is 9.33. The maximum absolute atomic E-state index is 6.06. The largest absolute Gasteiger partial charge is 0.376 e. The van der Waals surface area contributed by atoms with Crippen LogP contribution in [-0.4, -0.2) is 22.9 Å². The molecule has 3 atom stereocenters. The second kappa shape index (κ2) is 4.56. The summed E-state index contributed by atoms with van der Waals surface area (Å²) in [5, 5.41) is 4.04. The molecule has 2 N–H and O–H groups in total. The first-order valence-corrected chi connectivity index (χ1v) is 7.53. The van der Waals surface area contributed by atoms with Gasteiger partial charge in [-0.2, -0.15) is 4.98 Å². The van der Waals surface area contributed by atoms with Crippen molar-refractivity contribution < 1.29 is 9.26 Å². The number of nitrogens with zero attached hydrogens (tertiary/aromatic N) is 2. The van der Waals surface area contributed by atoms with Crippen LogP contribution in [0.3, 0.4) is 0 Å². The van der Waals surface area contributed by atoms with Gasteiger partial charge in [0, 0.05) is 5.92 Å². The zero-order valence-corrected chi connectivity index (χ0v) is 11.1. The van der Waals surface area contributed by atoms with E-state index >= 15 is 0 Å². The van der Waals surface area contributed by atoms with Crippen LogP contribution in [0.15, 0.2) is 4.52 Å². The number of rotatable bonds is 5. The van der Waals surface area contributed by atoms with Crippen molar-refractivity contribution in [2.24, 2.45) is 17.6 Å². The summed E-state index contributed by atoms with van der Waals surface area (Å²) < 4.78 is 11.1. The highest BCUT2D eigenvalue weighted by atomic mass is 16.5. The molecule has 1 aromatic rings. The first kappa shape index (κ1) is 11.9.